The highest BCUT2D eigenvalue weighted by Crippen LogP contribution is 2.24. The molecule has 1 aliphatic rings. The highest BCUT2D eigenvalue weighted by atomic mass is 127. The Morgan fingerprint density at radius 3 is 2.44 bits per heavy atom. The summed E-state index contributed by atoms with van der Waals surface area (Å²) < 4.78 is 0. The third-order valence-electron chi connectivity index (χ3n) is 4.32. The summed E-state index contributed by atoms with van der Waals surface area (Å²) >= 11 is 0. The number of hydrogen-bond donors (Lipinski definition) is 2. The van der Waals surface area contributed by atoms with Crippen LogP contribution in [0.25, 0.3) is 0 Å². The molecule has 2 aromatic carbocycles. The minimum Gasteiger partial charge on any atom is -0.370 e. The van der Waals surface area contributed by atoms with Crippen LogP contribution in [0.5, 0.6) is 0 Å². The number of guanidine groups is 1. The van der Waals surface area contributed by atoms with Gasteiger partial charge >= 0.3 is 0 Å². The number of nitrogens with one attached hydrogen (secondary N) is 1. The van der Waals surface area contributed by atoms with Crippen molar-refractivity contribution >= 4 is 35.6 Å². The minimum atomic E-state index is 0. The summed E-state index contributed by atoms with van der Waals surface area (Å²) in [4.78, 5) is 6.61. The summed E-state index contributed by atoms with van der Waals surface area (Å²) in [7, 11) is 4.15. The van der Waals surface area contributed by atoms with Gasteiger partial charge in [0.25, 0.3) is 0 Å². The van der Waals surface area contributed by atoms with Gasteiger partial charge < -0.3 is 16.0 Å². The van der Waals surface area contributed by atoms with E-state index in [1.165, 1.54) is 36.0 Å². The maximum Gasteiger partial charge on any atom is 0.193 e. The molecular weight excluding hydrogens is 423 g/mol. The van der Waals surface area contributed by atoms with Crippen LogP contribution in [0, 0.1) is 0 Å². The highest BCUT2D eigenvalue weighted by Gasteiger charge is 2.10. The maximum absolute atomic E-state index is 6.03. The van der Waals surface area contributed by atoms with Gasteiger partial charge in [-0.15, -0.1) is 24.0 Å². The fourth-order valence-corrected chi connectivity index (χ4v) is 3.13. The molecule has 25 heavy (non-hydrogen) atoms. The molecule has 0 saturated heterocycles. The van der Waals surface area contributed by atoms with Gasteiger partial charge in [0.05, 0.1) is 6.54 Å². The first kappa shape index (κ1) is 19.7. The minimum absolute atomic E-state index is 0. The van der Waals surface area contributed by atoms with Gasteiger partial charge in [0.15, 0.2) is 5.96 Å². The van der Waals surface area contributed by atoms with Crippen molar-refractivity contribution in [3.8, 4) is 0 Å². The van der Waals surface area contributed by atoms with Gasteiger partial charge in [-0.3, -0.25) is 0 Å². The van der Waals surface area contributed by atoms with E-state index in [-0.39, 0.29) is 24.0 Å². The smallest absolute Gasteiger partial charge is 0.193 e. The first-order valence-electron chi connectivity index (χ1n) is 8.51. The van der Waals surface area contributed by atoms with Crippen molar-refractivity contribution in [3.05, 3.63) is 64.7 Å². The monoisotopic (exact) mass is 450 g/mol. The van der Waals surface area contributed by atoms with E-state index in [9.17, 15) is 0 Å². The Morgan fingerprint density at radius 1 is 1.04 bits per heavy atom. The summed E-state index contributed by atoms with van der Waals surface area (Å²) in [5.74, 6) is 0.463. The molecule has 5 heteroatoms. The molecule has 0 aromatic heterocycles. The zero-order valence-corrected chi connectivity index (χ0v) is 17.3. The summed E-state index contributed by atoms with van der Waals surface area (Å²) in [5.41, 5.74) is 12.4. The van der Waals surface area contributed by atoms with Crippen LogP contribution in [0.4, 0.5) is 5.69 Å². The summed E-state index contributed by atoms with van der Waals surface area (Å²) in [6, 6.07) is 15.0. The number of anilines is 1. The average molecular weight is 450 g/mol. The van der Waals surface area contributed by atoms with Crippen molar-refractivity contribution in [2.75, 3.05) is 19.4 Å². The number of nitrogens with two attached hydrogens (primary N) is 1. The van der Waals surface area contributed by atoms with Gasteiger partial charge in [0.2, 0.25) is 0 Å². The Labute approximate surface area is 167 Å². The Kier molecular flexibility index (Phi) is 7.25. The van der Waals surface area contributed by atoms with Gasteiger partial charge in [0, 0.05) is 12.2 Å². The Bertz CT molecular complexity index is 723. The first-order chi connectivity index (χ1) is 11.6. The number of fused-ring (bicyclic) bond motifs is 1. The molecule has 4 nitrogen and oxygen atoms in total. The lowest BCUT2D eigenvalue weighted by Gasteiger charge is -2.10. The SMILES string of the molecule is CN(C)Cc1ccc(CN=C(N)Nc2ccc3c(c2)CCC3)cc1.I. The number of hydrogen-bond acceptors (Lipinski definition) is 2. The zero-order chi connectivity index (χ0) is 16.9. The van der Waals surface area contributed by atoms with E-state index < -0.39 is 0 Å². The molecule has 134 valence electrons. The van der Waals surface area contributed by atoms with Gasteiger partial charge in [-0.25, -0.2) is 4.99 Å². The molecule has 0 atom stereocenters. The average Bonchev–Trinajstić information content (AvgIpc) is 3.01. The third-order valence-corrected chi connectivity index (χ3v) is 4.32. The summed E-state index contributed by atoms with van der Waals surface area (Å²) in [6.45, 7) is 1.54. The number of aliphatic imine (C=N–C) groups is 1. The van der Waals surface area contributed by atoms with Crippen LogP contribution in [-0.4, -0.2) is 25.0 Å². The second kappa shape index (κ2) is 9.20. The van der Waals surface area contributed by atoms with E-state index in [1.54, 1.807) is 0 Å². The Balaban J connectivity index is 0.00000225. The van der Waals surface area contributed by atoms with Crippen LogP contribution in [-0.2, 0) is 25.9 Å². The molecule has 3 rings (SSSR count). The summed E-state index contributed by atoms with van der Waals surface area (Å²) in [6.07, 6.45) is 3.62. The molecule has 0 amide bonds. The van der Waals surface area contributed by atoms with Crippen LogP contribution in [0.15, 0.2) is 47.5 Å². The quantitative estimate of drug-likeness (QED) is 0.414. The van der Waals surface area contributed by atoms with Crippen LogP contribution < -0.4 is 11.1 Å². The highest BCUT2D eigenvalue weighted by molar-refractivity contribution is 14.0. The molecule has 2 aromatic rings. The lowest BCUT2D eigenvalue weighted by atomic mass is 10.1. The molecule has 0 fully saturated rings. The summed E-state index contributed by atoms with van der Waals surface area (Å²) in [5, 5.41) is 3.20. The third kappa shape index (κ3) is 5.71. The topological polar surface area (TPSA) is 53.6 Å². The lowest BCUT2D eigenvalue weighted by molar-refractivity contribution is 0.402. The molecule has 0 bridgehead atoms. The molecule has 0 radical (unpaired) electrons. The number of benzene rings is 2. The largest absolute Gasteiger partial charge is 0.370 e. The number of rotatable bonds is 5. The van der Waals surface area contributed by atoms with Crippen LogP contribution in [0.1, 0.15) is 28.7 Å². The number of nitrogens with zero attached hydrogens (tertiary/aromatic N) is 2. The van der Waals surface area contributed by atoms with Crippen molar-refractivity contribution in [2.24, 2.45) is 10.7 Å². The fourth-order valence-electron chi connectivity index (χ4n) is 3.13. The van der Waals surface area contributed by atoms with E-state index in [4.69, 9.17) is 5.73 Å². The molecule has 0 aliphatic heterocycles. The van der Waals surface area contributed by atoms with Gasteiger partial charge in [0.1, 0.15) is 0 Å². The van der Waals surface area contributed by atoms with Crippen LogP contribution in [0.2, 0.25) is 0 Å². The van der Waals surface area contributed by atoms with E-state index in [0.29, 0.717) is 12.5 Å². The lowest BCUT2D eigenvalue weighted by Crippen LogP contribution is -2.22. The second-order valence-electron chi connectivity index (χ2n) is 6.72. The van der Waals surface area contributed by atoms with E-state index >= 15 is 0 Å². The standard InChI is InChI=1S/C20H26N4.HI/c1-24(2)14-16-8-6-15(7-9-16)13-22-20(21)23-19-11-10-17-4-3-5-18(17)12-19;/h6-12H,3-5,13-14H2,1-2H3,(H3,21,22,23);1H. The van der Waals surface area contributed by atoms with Crippen LogP contribution in [0.3, 0.4) is 0 Å². The predicted octanol–water partition coefficient (Wildman–Crippen LogP) is 3.78. The van der Waals surface area contributed by atoms with Crippen LogP contribution >= 0.6 is 24.0 Å². The van der Waals surface area contributed by atoms with E-state index in [0.717, 1.165) is 17.8 Å². The van der Waals surface area contributed by atoms with Crippen molar-refractivity contribution in [1.82, 2.24) is 4.90 Å². The Hall–Kier alpha value is -1.60. The predicted molar refractivity (Wildman–Crippen MR) is 117 cm³/mol. The zero-order valence-electron chi connectivity index (χ0n) is 15.0. The van der Waals surface area contributed by atoms with Gasteiger partial charge in [-0.2, -0.15) is 0 Å². The normalized spacial score (nSPS) is 13.5. The van der Waals surface area contributed by atoms with Gasteiger partial charge in [-0.05, 0) is 67.7 Å². The molecule has 1 aliphatic carbocycles. The maximum atomic E-state index is 6.03. The van der Waals surface area contributed by atoms with Crippen molar-refractivity contribution in [3.63, 3.8) is 0 Å². The Morgan fingerprint density at radius 2 is 1.72 bits per heavy atom. The molecular formula is C20H27IN4. The molecule has 0 unspecified atom stereocenters. The second-order valence-corrected chi connectivity index (χ2v) is 6.72. The van der Waals surface area contributed by atoms with Gasteiger partial charge in [-0.1, -0.05) is 30.3 Å². The van der Waals surface area contributed by atoms with Crippen molar-refractivity contribution < 1.29 is 0 Å². The number of halogens is 1. The molecule has 0 spiro atoms. The van der Waals surface area contributed by atoms with E-state index in [2.05, 4.69) is 71.8 Å². The first-order valence-corrected chi connectivity index (χ1v) is 8.51. The van der Waals surface area contributed by atoms with Crippen molar-refractivity contribution in [1.29, 1.82) is 0 Å². The molecule has 0 saturated carbocycles. The van der Waals surface area contributed by atoms with E-state index in [1.807, 2.05) is 0 Å². The molecule has 3 N–H and O–H groups in total. The molecule has 0 heterocycles. The number of aryl methyl sites for hydroxylation is 2. The fraction of sp³-hybridized carbons (Fsp3) is 0.350. The van der Waals surface area contributed by atoms with Crippen molar-refractivity contribution in [2.45, 2.75) is 32.4 Å².